The molecular formula is C78H68Cl6N14O9S2. The van der Waals surface area contributed by atoms with Crippen LogP contribution in [0.15, 0.2) is 248 Å². The number of hydrogen-bond donors (Lipinski definition) is 8. The van der Waals surface area contributed by atoms with E-state index in [0.29, 0.717) is 105 Å². The second-order valence-electron chi connectivity index (χ2n) is 23.7. The van der Waals surface area contributed by atoms with Crippen molar-refractivity contribution in [3.63, 3.8) is 0 Å². The summed E-state index contributed by atoms with van der Waals surface area (Å²) >= 11 is 37.3. The summed E-state index contributed by atoms with van der Waals surface area (Å²) in [6.45, 7) is 1.96. The minimum atomic E-state index is -3.44. The normalized spacial score (nSPS) is 10.9. The molecule has 0 aliphatic carbocycles. The van der Waals surface area contributed by atoms with E-state index >= 15 is 0 Å². The SMILES string of the molecule is CN(C)CCNc1ccc(C(=O)Nc2ccc(Cl)c(-c3ccccn3)c2)cn1.CS(=O)(=O)Nc1ccc(C(=O)Nc2ccc(Cl)c(-c3ccccn3)c2)c(Cl)c1.CS(=O)(=O)c1ccc(C(=O)Nc2ccc(Cl)c(-c3ccccn3)c2)cc1.O=C(Nc1ccc(Cl)c(-c2ccccn2)c1)c1cnc(NCCO)c(Cl)c1. The molecule has 6 aromatic carbocycles. The lowest BCUT2D eigenvalue weighted by Crippen LogP contribution is -2.21. The van der Waals surface area contributed by atoms with E-state index in [4.69, 9.17) is 74.7 Å². The number of anilines is 7. The highest BCUT2D eigenvalue weighted by Gasteiger charge is 2.19. The molecule has 0 saturated carbocycles. The molecule has 8 N–H and O–H groups in total. The maximum Gasteiger partial charge on any atom is 0.257 e. The highest BCUT2D eigenvalue weighted by atomic mass is 35.5. The van der Waals surface area contributed by atoms with Crippen molar-refractivity contribution in [2.24, 2.45) is 0 Å². The van der Waals surface area contributed by atoms with Gasteiger partial charge in [0.15, 0.2) is 9.84 Å². The molecule has 0 bridgehead atoms. The van der Waals surface area contributed by atoms with Crippen molar-refractivity contribution in [3.8, 4) is 45.0 Å². The number of aromatic nitrogens is 6. The molecule has 0 aliphatic heterocycles. The maximum atomic E-state index is 12.6. The van der Waals surface area contributed by atoms with Gasteiger partial charge in [0, 0.05) is 119 Å². The van der Waals surface area contributed by atoms with Gasteiger partial charge >= 0.3 is 0 Å². The number of halogens is 6. The Kier molecular flexibility index (Phi) is 29.6. The van der Waals surface area contributed by atoms with Crippen LogP contribution in [0.25, 0.3) is 45.0 Å². The lowest BCUT2D eigenvalue weighted by molar-refractivity contribution is 0.101. The first-order valence-electron chi connectivity index (χ1n) is 32.7. The van der Waals surface area contributed by atoms with Crippen LogP contribution in [0.4, 0.5) is 40.1 Å². The average molecular weight is 1620 g/mol. The van der Waals surface area contributed by atoms with Crippen LogP contribution in [0.1, 0.15) is 41.4 Å². The summed E-state index contributed by atoms with van der Waals surface area (Å²) in [5, 5.41) is 28.7. The number of hydrogen-bond acceptors (Lipinski definition) is 18. The summed E-state index contributed by atoms with van der Waals surface area (Å²) in [6.07, 6.45) is 11.8. The molecule has 0 atom stereocenters. The van der Waals surface area contributed by atoms with Gasteiger partial charge in [0.1, 0.15) is 11.6 Å². The van der Waals surface area contributed by atoms with Gasteiger partial charge in [0.25, 0.3) is 23.6 Å². The fraction of sp³-hybridized carbons (Fsp3) is 0.103. The second-order valence-corrected chi connectivity index (χ2v) is 29.9. The number of amides is 4. The molecular weight excluding hydrogens is 1550 g/mol. The van der Waals surface area contributed by atoms with Crippen LogP contribution in [0.2, 0.25) is 30.1 Å². The zero-order chi connectivity index (χ0) is 78.2. The predicted octanol–water partition coefficient (Wildman–Crippen LogP) is 16.9. The Morgan fingerprint density at radius 3 is 1.17 bits per heavy atom. The number of nitrogens with one attached hydrogen (secondary N) is 7. The van der Waals surface area contributed by atoms with E-state index in [0.717, 1.165) is 48.2 Å². The molecule has 12 aromatic rings. The Bertz CT molecular complexity index is 5410. The molecule has 0 radical (unpaired) electrons. The fourth-order valence-electron chi connectivity index (χ4n) is 9.83. The zero-order valence-electron chi connectivity index (χ0n) is 58.4. The number of likely N-dealkylation sites (N-methyl/N-ethyl adjacent to an activating group) is 1. The number of sulfone groups is 1. The summed E-state index contributed by atoms with van der Waals surface area (Å²) in [5.74, 6) is -0.230. The largest absolute Gasteiger partial charge is 0.395 e. The molecule has 6 heterocycles. The summed E-state index contributed by atoms with van der Waals surface area (Å²) in [6, 6.07) is 57.9. The lowest BCUT2D eigenvalue weighted by Gasteiger charge is -2.11. The fourth-order valence-corrected chi connectivity index (χ4v) is 12.4. The minimum absolute atomic E-state index is 0.0462. The summed E-state index contributed by atoms with van der Waals surface area (Å²) in [4.78, 5) is 77.8. The van der Waals surface area contributed by atoms with Gasteiger partial charge < -0.3 is 41.9 Å². The number of rotatable bonds is 22. The van der Waals surface area contributed by atoms with Crippen LogP contribution >= 0.6 is 69.6 Å². The topological polar surface area (TPSA) is 322 Å². The molecule has 12 rings (SSSR count). The number of benzene rings is 6. The van der Waals surface area contributed by atoms with Gasteiger partial charge in [-0.1, -0.05) is 93.9 Å². The van der Waals surface area contributed by atoms with Gasteiger partial charge in [-0.05, 0) is 196 Å². The summed E-state index contributed by atoms with van der Waals surface area (Å²) in [5.41, 5.74) is 9.62. The Labute approximate surface area is 659 Å². The summed E-state index contributed by atoms with van der Waals surface area (Å²) in [7, 11) is -2.71. The van der Waals surface area contributed by atoms with Gasteiger partial charge in [-0.25, -0.2) is 26.8 Å². The Hall–Kier alpha value is -10.9. The van der Waals surface area contributed by atoms with Crippen LogP contribution in [0, 0.1) is 0 Å². The van der Waals surface area contributed by atoms with Gasteiger partial charge in [-0.3, -0.25) is 43.8 Å². The number of carbonyl (C=O) groups excluding carboxylic acids is 4. The van der Waals surface area contributed by atoms with E-state index in [1.54, 1.807) is 116 Å². The quantitative estimate of drug-likeness (QED) is 0.0312. The lowest BCUT2D eigenvalue weighted by atomic mass is 10.1. The molecule has 0 aliphatic rings. The van der Waals surface area contributed by atoms with Gasteiger partial charge in [-0.2, -0.15) is 0 Å². The molecule has 23 nitrogen and oxygen atoms in total. The number of aliphatic hydroxyl groups excluding tert-OH is 1. The van der Waals surface area contributed by atoms with E-state index in [1.165, 1.54) is 54.7 Å². The van der Waals surface area contributed by atoms with Crippen molar-refractivity contribution in [1.82, 2.24) is 34.8 Å². The molecule has 0 saturated heterocycles. The zero-order valence-corrected chi connectivity index (χ0v) is 64.5. The Morgan fingerprint density at radius 2 is 0.798 bits per heavy atom. The van der Waals surface area contributed by atoms with Crippen molar-refractivity contribution < 1.29 is 41.1 Å². The number of aliphatic hydroxyl groups is 1. The third kappa shape index (κ3) is 24.8. The number of sulfonamides is 1. The highest BCUT2D eigenvalue weighted by Crippen LogP contribution is 2.34. The minimum Gasteiger partial charge on any atom is -0.395 e. The molecule has 109 heavy (non-hydrogen) atoms. The highest BCUT2D eigenvalue weighted by molar-refractivity contribution is 7.92. The molecule has 6 aromatic heterocycles. The third-order valence-electron chi connectivity index (χ3n) is 15.1. The number of nitrogens with zero attached hydrogens (tertiary/aromatic N) is 7. The first kappa shape index (κ1) is 82.1. The standard InChI is InChI=1S/C21H22ClN5O.C19H16Cl2N4O2.C19H15Cl2N3O3S.C19H15ClN2O3S/c1-27(2)12-11-24-20-9-6-15(14-25-20)21(28)26-16-7-8-18(22)17(13-16)19-5-3-4-10-23-19;20-15-5-4-13(10-14(15)17-3-1-2-6-22-17)25-19(27)12-9-16(21)18(24-11-12)23-7-8-26;1-28(26,27)24-13-5-7-14(17(21)11-13)19(25)23-12-6-8-16(20)15(10-12)18-4-2-3-9-22-18;1-26(24,25)15-8-5-13(6-9-15)19(23)22-14-7-10-17(20)16(12-14)18-4-2-3-11-21-18/h3-10,13-14H,11-12H2,1-2H3,(H,24,25)(H,26,28);1-6,9-11,26H,7-8H2,(H,23,24)(H,25,27);2-11,24H,1H3,(H,23,25);2-12H,1H3,(H,22,23). The van der Waals surface area contributed by atoms with E-state index in [9.17, 15) is 36.0 Å². The average Bonchev–Trinajstić information content (AvgIpc) is 0.838. The van der Waals surface area contributed by atoms with E-state index in [2.05, 4.69) is 71.4 Å². The van der Waals surface area contributed by atoms with Crippen LogP contribution in [-0.4, -0.2) is 133 Å². The third-order valence-corrected chi connectivity index (χ3v) is 18.8. The molecule has 0 unspecified atom stereocenters. The van der Waals surface area contributed by atoms with E-state index in [1.807, 2.05) is 86.9 Å². The monoisotopic (exact) mass is 1620 g/mol. The number of carbonyl (C=O) groups is 4. The van der Waals surface area contributed by atoms with Crippen molar-refractivity contribution >= 4 is 153 Å². The smallest absolute Gasteiger partial charge is 0.257 e. The molecule has 0 fully saturated rings. The molecule has 4 amide bonds. The Morgan fingerprint density at radius 1 is 0.394 bits per heavy atom. The van der Waals surface area contributed by atoms with Crippen molar-refractivity contribution in [3.05, 3.63) is 296 Å². The van der Waals surface area contributed by atoms with Gasteiger partial charge in [0.05, 0.1) is 87.4 Å². The van der Waals surface area contributed by atoms with E-state index < -0.39 is 25.8 Å². The van der Waals surface area contributed by atoms with Crippen LogP contribution in [-0.2, 0) is 19.9 Å². The summed E-state index contributed by atoms with van der Waals surface area (Å²) < 4.78 is 47.9. The van der Waals surface area contributed by atoms with Crippen molar-refractivity contribution in [2.75, 3.05) is 89.5 Å². The molecule has 0 spiro atoms. The van der Waals surface area contributed by atoms with Crippen molar-refractivity contribution in [1.29, 1.82) is 0 Å². The van der Waals surface area contributed by atoms with Crippen molar-refractivity contribution in [2.45, 2.75) is 4.90 Å². The van der Waals surface area contributed by atoms with Gasteiger partial charge in [-0.15, -0.1) is 0 Å². The molecule has 558 valence electrons. The first-order valence-corrected chi connectivity index (χ1v) is 38.7. The predicted molar refractivity (Wildman–Crippen MR) is 436 cm³/mol. The first-order chi connectivity index (χ1) is 52.2. The van der Waals surface area contributed by atoms with Crippen LogP contribution < -0.4 is 36.6 Å². The van der Waals surface area contributed by atoms with Gasteiger partial charge in [0.2, 0.25) is 10.0 Å². The van der Waals surface area contributed by atoms with E-state index in [-0.39, 0.29) is 45.5 Å². The van der Waals surface area contributed by atoms with Crippen LogP contribution in [0.3, 0.4) is 0 Å². The number of pyridine rings is 6. The van der Waals surface area contributed by atoms with Crippen LogP contribution in [0.5, 0.6) is 0 Å². The Balaban J connectivity index is 0.000000168. The second kappa shape index (κ2) is 39.2. The maximum absolute atomic E-state index is 12.6. The molecule has 31 heteroatoms.